The van der Waals surface area contributed by atoms with Crippen molar-refractivity contribution >= 4 is 23.4 Å². The number of anilines is 1. The Morgan fingerprint density at radius 3 is 2.89 bits per heavy atom. The molecular formula is C14H15NO3S. The Labute approximate surface area is 115 Å². The van der Waals surface area contributed by atoms with Gasteiger partial charge >= 0.3 is 5.97 Å². The Bertz CT molecular complexity index is 565. The van der Waals surface area contributed by atoms with E-state index in [2.05, 4.69) is 18.3 Å². The molecule has 0 fully saturated rings. The summed E-state index contributed by atoms with van der Waals surface area (Å²) in [5.41, 5.74) is 1.20. The molecule has 0 amide bonds. The molecule has 2 aromatic rings. The van der Waals surface area contributed by atoms with Crippen molar-refractivity contribution in [2.45, 2.75) is 18.4 Å². The van der Waals surface area contributed by atoms with Crippen LogP contribution in [0.1, 0.15) is 23.0 Å². The number of furan rings is 1. The maximum Gasteiger partial charge on any atom is 0.338 e. The summed E-state index contributed by atoms with van der Waals surface area (Å²) < 4.78 is 5.20. The Morgan fingerprint density at radius 2 is 2.21 bits per heavy atom. The molecule has 0 saturated carbocycles. The Hall–Kier alpha value is -1.88. The molecule has 1 heterocycles. The van der Waals surface area contributed by atoms with Crippen molar-refractivity contribution in [1.29, 1.82) is 0 Å². The van der Waals surface area contributed by atoms with Crippen molar-refractivity contribution in [2.24, 2.45) is 0 Å². The summed E-state index contributed by atoms with van der Waals surface area (Å²) >= 11 is 1.76. The van der Waals surface area contributed by atoms with Crippen LogP contribution in [0.25, 0.3) is 0 Å². The molecule has 2 rings (SSSR count). The number of benzene rings is 1. The standard InChI is InChI=1S/C14H15NO3S/c1-2-19-13-6-4-3-5-12(13)15-8-11-7-10(9-18-11)14(16)17/h3-7,9,15H,2,8H2,1H3,(H,16,17). The maximum atomic E-state index is 10.7. The minimum Gasteiger partial charge on any atom is -0.478 e. The molecule has 1 aromatic heterocycles. The highest BCUT2D eigenvalue weighted by atomic mass is 32.2. The first-order chi connectivity index (χ1) is 9.20. The molecule has 5 heteroatoms. The van der Waals surface area contributed by atoms with E-state index >= 15 is 0 Å². The van der Waals surface area contributed by atoms with E-state index in [0.29, 0.717) is 12.3 Å². The smallest absolute Gasteiger partial charge is 0.338 e. The first kappa shape index (κ1) is 13.5. The van der Waals surface area contributed by atoms with Crippen molar-refractivity contribution in [3.8, 4) is 0 Å². The molecule has 19 heavy (non-hydrogen) atoms. The third-order valence-electron chi connectivity index (χ3n) is 2.54. The summed E-state index contributed by atoms with van der Waals surface area (Å²) in [6, 6.07) is 9.55. The second kappa shape index (κ2) is 6.33. The second-order valence-corrected chi connectivity index (χ2v) is 5.20. The molecule has 100 valence electrons. The van der Waals surface area contributed by atoms with Gasteiger partial charge in [-0.25, -0.2) is 4.79 Å². The number of rotatable bonds is 6. The highest BCUT2D eigenvalue weighted by molar-refractivity contribution is 7.99. The molecular weight excluding hydrogens is 262 g/mol. The van der Waals surface area contributed by atoms with Crippen molar-refractivity contribution in [1.82, 2.24) is 0 Å². The van der Waals surface area contributed by atoms with Crippen molar-refractivity contribution in [3.05, 3.63) is 47.9 Å². The molecule has 2 N–H and O–H groups in total. The van der Waals surface area contributed by atoms with Gasteiger partial charge < -0.3 is 14.8 Å². The predicted molar refractivity (Wildman–Crippen MR) is 75.8 cm³/mol. The molecule has 1 aromatic carbocycles. The van der Waals surface area contributed by atoms with Crippen LogP contribution in [-0.4, -0.2) is 16.8 Å². The zero-order valence-corrected chi connectivity index (χ0v) is 11.4. The Balaban J connectivity index is 2.03. The van der Waals surface area contributed by atoms with E-state index in [4.69, 9.17) is 9.52 Å². The summed E-state index contributed by atoms with van der Waals surface area (Å²) in [5, 5.41) is 12.1. The van der Waals surface area contributed by atoms with Crippen LogP contribution >= 0.6 is 11.8 Å². The average molecular weight is 277 g/mol. The number of hydrogen-bond donors (Lipinski definition) is 2. The quantitative estimate of drug-likeness (QED) is 0.788. The van der Waals surface area contributed by atoms with Gasteiger partial charge in [0.25, 0.3) is 0 Å². The number of carbonyl (C=O) groups is 1. The van der Waals surface area contributed by atoms with Crippen molar-refractivity contribution < 1.29 is 14.3 Å². The highest BCUT2D eigenvalue weighted by Crippen LogP contribution is 2.27. The Morgan fingerprint density at radius 1 is 1.42 bits per heavy atom. The van der Waals surface area contributed by atoms with E-state index in [-0.39, 0.29) is 5.56 Å². The largest absolute Gasteiger partial charge is 0.478 e. The van der Waals surface area contributed by atoms with E-state index in [1.165, 1.54) is 17.2 Å². The van der Waals surface area contributed by atoms with Crippen LogP contribution in [0.5, 0.6) is 0 Å². The number of carboxylic acids is 1. The van der Waals surface area contributed by atoms with Crippen molar-refractivity contribution in [2.75, 3.05) is 11.1 Å². The van der Waals surface area contributed by atoms with Gasteiger partial charge in [0, 0.05) is 10.6 Å². The van der Waals surface area contributed by atoms with Crippen molar-refractivity contribution in [3.63, 3.8) is 0 Å². The summed E-state index contributed by atoms with van der Waals surface area (Å²) in [4.78, 5) is 11.9. The fourth-order valence-electron chi connectivity index (χ4n) is 1.66. The number of thioether (sulfide) groups is 1. The molecule has 0 atom stereocenters. The molecule has 0 unspecified atom stereocenters. The fourth-order valence-corrected chi connectivity index (χ4v) is 2.44. The highest BCUT2D eigenvalue weighted by Gasteiger charge is 2.08. The van der Waals surface area contributed by atoms with Gasteiger partial charge in [-0.05, 0) is 24.0 Å². The number of aromatic carboxylic acids is 1. The van der Waals surface area contributed by atoms with E-state index in [0.717, 1.165) is 11.4 Å². The minimum atomic E-state index is -0.975. The van der Waals surface area contributed by atoms with E-state index in [9.17, 15) is 4.79 Å². The second-order valence-electron chi connectivity index (χ2n) is 3.89. The van der Waals surface area contributed by atoms with Gasteiger partial charge in [-0.1, -0.05) is 19.1 Å². The lowest BCUT2D eigenvalue weighted by Gasteiger charge is -2.09. The first-order valence-corrected chi connectivity index (χ1v) is 6.95. The number of hydrogen-bond acceptors (Lipinski definition) is 4. The van der Waals surface area contributed by atoms with Crippen LogP contribution in [-0.2, 0) is 6.54 Å². The van der Waals surface area contributed by atoms with Crippen LogP contribution in [0.15, 0.2) is 45.9 Å². The predicted octanol–water partition coefficient (Wildman–Crippen LogP) is 3.70. The molecule has 0 aliphatic heterocycles. The van der Waals surface area contributed by atoms with Gasteiger partial charge in [0.2, 0.25) is 0 Å². The molecule has 0 bridgehead atoms. The maximum absolute atomic E-state index is 10.7. The summed E-state index contributed by atoms with van der Waals surface area (Å²) in [6.07, 6.45) is 1.26. The minimum absolute atomic E-state index is 0.174. The van der Waals surface area contributed by atoms with Gasteiger partial charge in [0.05, 0.1) is 12.1 Å². The molecule has 0 aliphatic rings. The summed E-state index contributed by atoms with van der Waals surface area (Å²) in [5.74, 6) is 0.633. The first-order valence-electron chi connectivity index (χ1n) is 5.97. The molecule has 0 spiro atoms. The van der Waals surface area contributed by atoms with Gasteiger partial charge in [0.15, 0.2) is 0 Å². The Kier molecular flexibility index (Phi) is 4.52. The molecule has 0 radical (unpaired) electrons. The van der Waals surface area contributed by atoms with Crippen LogP contribution < -0.4 is 5.32 Å². The number of nitrogens with one attached hydrogen (secondary N) is 1. The van der Waals surface area contributed by atoms with Gasteiger partial charge in [0.1, 0.15) is 12.0 Å². The van der Waals surface area contributed by atoms with Gasteiger partial charge in [-0.3, -0.25) is 0 Å². The third-order valence-corrected chi connectivity index (χ3v) is 3.50. The fraction of sp³-hybridized carbons (Fsp3) is 0.214. The van der Waals surface area contributed by atoms with E-state index in [1.807, 2.05) is 18.2 Å². The van der Waals surface area contributed by atoms with Crippen LogP contribution in [0.3, 0.4) is 0 Å². The number of carboxylic acid groups (broad SMARTS) is 1. The lowest BCUT2D eigenvalue weighted by atomic mass is 10.3. The van der Waals surface area contributed by atoms with Gasteiger partial charge in [-0.2, -0.15) is 0 Å². The molecule has 4 nitrogen and oxygen atoms in total. The molecule has 0 saturated heterocycles. The van der Waals surface area contributed by atoms with E-state index < -0.39 is 5.97 Å². The SMILES string of the molecule is CCSc1ccccc1NCc1cc(C(=O)O)co1. The topological polar surface area (TPSA) is 62.5 Å². The number of para-hydroxylation sites is 1. The monoisotopic (exact) mass is 277 g/mol. The zero-order chi connectivity index (χ0) is 13.7. The van der Waals surface area contributed by atoms with Gasteiger partial charge in [-0.15, -0.1) is 11.8 Å². The van der Waals surface area contributed by atoms with Crippen LogP contribution in [0.4, 0.5) is 5.69 Å². The summed E-state index contributed by atoms with van der Waals surface area (Å²) in [7, 11) is 0. The lowest BCUT2D eigenvalue weighted by Crippen LogP contribution is -1.99. The summed E-state index contributed by atoms with van der Waals surface area (Å²) in [6.45, 7) is 2.57. The molecule has 0 aliphatic carbocycles. The normalized spacial score (nSPS) is 10.4. The zero-order valence-electron chi connectivity index (χ0n) is 10.6. The average Bonchev–Trinajstić information content (AvgIpc) is 2.87. The van der Waals surface area contributed by atoms with Crippen LogP contribution in [0, 0.1) is 0 Å². The lowest BCUT2D eigenvalue weighted by molar-refractivity contribution is 0.0696. The van der Waals surface area contributed by atoms with E-state index in [1.54, 1.807) is 11.8 Å². The van der Waals surface area contributed by atoms with Crippen LogP contribution in [0.2, 0.25) is 0 Å². The third kappa shape index (κ3) is 3.54.